The normalized spacial score (nSPS) is 31.8. The highest BCUT2D eigenvalue weighted by Gasteiger charge is 2.64. The summed E-state index contributed by atoms with van der Waals surface area (Å²) in [5, 5.41) is 0. The topological polar surface area (TPSA) is 36.9 Å². The van der Waals surface area contributed by atoms with Gasteiger partial charge >= 0.3 is 8.17 Å². The molecule has 2 saturated heterocycles. The molecule has 0 N–H and O–H groups in total. The molecule has 2 heterocycles. The van der Waals surface area contributed by atoms with Crippen LogP contribution in [0, 0.1) is 0 Å². The summed E-state index contributed by atoms with van der Waals surface area (Å²) in [6.45, 7) is 0.943. The van der Waals surface area contributed by atoms with Crippen LogP contribution in [-0.4, -0.2) is 13.2 Å². The van der Waals surface area contributed by atoms with Crippen molar-refractivity contribution in [3.63, 3.8) is 0 Å². The summed E-state index contributed by atoms with van der Waals surface area (Å²) in [5.41, 5.74) is 2.18. The molecule has 2 fully saturated rings. The summed E-state index contributed by atoms with van der Waals surface area (Å²) >= 11 is 0. The molecule has 5 heteroatoms. The van der Waals surface area contributed by atoms with Crippen LogP contribution in [0.2, 0.25) is 0 Å². The Balaban J connectivity index is 1.48. The molecular formula is C16H16O4P+. The fourth-order valence-electron chi connectivity index (χ4n) is 2.52. The van der Waals surface area contributed by atoms with Gasteiger partial charge in [0.05, 0.1) is 0 Å². The van der Waals surface area contributed by atoms with Gasteiger partial charge in [0.25, 0.3) is 0 Å². The van der Waals surface area contributed by atoms with E-state index in [0.29, 0.717) is 13.2 Å². The number of benzene rings is 2. The van der Waals surface area contributed by atoms with Crippen LogP contribution in [0.5, 0.6) is 0 Å². The largest absolute Gasteiger partial charge is 0.576 e. The summed E-state index contributed by atoms with van der Waals surface area (Å²) in [6.07, 6.45) is -0.233. The molecule has 4 rings (SSSR count). The minimum absolute atomic E-state index is 0.117. The van der Waals surface area contributed by atoms with Gasteiger partial charge in [0, 0.05) is 0 Å². The lowest BCUT2D eigenvalue weighted by Crippen LogP contribution is -1.99. The predicted octanol–water partition coefficient (Wildman–Crippen LogP) is 4.24. The van der Waals surface area contributed by atoms with E-state index in [2.05, 4.69) is 0 Å². The van der Waals surface area contributed by atoms with Crippen LogP contribution >= 0.6 is 8.17 Å². The molecule has 2 unspecified atom stereocenters. The number of rotatable bonds is 2. The average Bonchev–Trinajstić information content (AvgIpc) is 3.17. The van der Waals surface area contributed by atoms with E-state index in [0.717, 1.165) is 11.1 Å². The lowest BCUT2D eigenvalue weighted by Gasteiger charge is -2.08. The number of hydrogen-bond donors (Lipinski definition) is 0. The van der Waals surface area contributed by atoms with Gasteiger partial charge in [0.1, 0.15) is 13.2 Å². The Labute approximate surface area is 124 Å². The highest BCUT2D eigenvalue weighted by atomic mass is 31.2. The van der Waals surface area contributed by atoms with E-state index in [4.69, 9.17) is 18.1 Å². The Morgan fingerprint density at radius 2 is 1.10 bits per heavy atom. The quantitative estimate of drug-likeness (QED) is 0.778. The second-order valence-corrected chi connectivity index (χ2v) is 6.88. The maximum atomic E-state index is 5.99. The molecule has 21 heavy (non-hydrogen) atoms. The lowest BCUT2D eigenvalue weighted by molar-refractivity contribution is 0.167. The lowest BCUT2D eigenvalue weighted by atomic mass is 10.1. The molecule has 1 spiro atoms. The number of hydrogen-bond acceptors (Lipinski definition) is 4. The molecule has 0 saturated carbocycles. The molecule has 2 atom stereocenters. The second kappa shape index (κ2) is 5.48. The van der Waals surface area contributed by atoms with Crippen LogP contribution in [0.25, 0.3) is 0 Å². The molecule has 0 radical (unpaired) electrons. The predicted molar refractivity (Wildman–Crippen MR) is 79.4 cm³/mol. The van der Waals surface area contributed by atoms with Crippen molar-refractivity contribution < 1.29 is 18.1 Å². The van der Waals surface area contributed by atoms with Crippen LogP contribution in [-0.2, 0) is 18.1 Å². The molecule has 2 aliphatic rings. The minimum atomic E-state index is -2.64. The maximum absolute atomic E-state index is 5.99. The van der Waals surface area contributed by atoms with Gasteiger partial charge < -0.3 is 0 Å². The van der Waals surface area contributed by atoms with Gasteiger partial charge in [-0.1, -0.05) is 60.7 Å². The van der Waals surface area contributed by atoms with Crippen molar-refractivity contribution in [2.24, 2.45) is 0 Å². The van der Waals surface area contributed by atoms with Crippen LogP contribution in [0.1, 0.15) is 23.3 Å². The van der Waals surface area contributed by atoms with E-state index in [1.54, 1.807) is 0 Å². The van der Waals surface area contributed by atoms with Gasteiger partial charge in [-0.05, 0) is 11.1 Å². The fraction of sp³-hybridized carbons (Fsp3) is 0.250. The van der Waals surface area contributed by atoms with E-state index in [1.807, 2.05) is 60.7 Å². The van der Waals surface area contributed by atoms with Crippen molar-refractivity contribution in [3.05, 3.63) is 71.8 Å². The Kier molecular flexibility index (Phi) is 3.49. The van der Waals surface area contributed by atoms with Gasteiger partial charge in [-0.25, -0.2) is 0 Å². The highest BCUT2D eigenvalue weighted by Crippen LogP contribution is 2.75. The summed E-state index contributed by atoms with van der Waals surface area (Å²) in [4.78, 5) is 0. The Bertz CT molecular complexity index is 549. The smallest absolute Gasteiger partial charge is 0.150 e. The second-order valence-electron chi connectivity index (χ2n) is 5.05. The molecule has 0 aromatic heterocycles. The monoisotopic (exact) mass is 303 g/mol. The van der Waals surface area contributed by atoms with Gasteiger partial charge in [-0.15, -0.1) is 18.1 Å². The molecule has 0 aliphatic carbocycles. The first-order chi connectivity index (χ1) is 10.3. The third-order valence-electron chi connectivity index (χ3n) is 3.62. The van der Waals surface area contributed by atoms with Crippen molar-refractivity contribution in [2.75, 3.05) is 13.2 Å². The summed E-state index contributed by atoms with van der Waals surface area (Å²) in [6, 6.07) is 20.0. The van der Waals surface area contributed by atoms with Gasteiger partial charge in [0.15, 0.2) is 12.2 Å². The van der Waals surface area contributed by atoms with Crippen LogP contribution in [0.3, 0.4) is 0 Å². The standard InChI is InChI=1S/C16H16O4P/c1-3-7-13(8-4-1)15-11-17-21(19-15)18-12-16(20-21)14-9-5-2-6-10-14/h1-10,15-16H,11-12H2/q+1. The minimum Gasteiger partial charge on any atom is -0.150 e. The van der Waals surface area contributed by atoms with Crippen molar-refractivity contribution >= 4 is 8.17 Å². The van der Waals surface area contributed by atoms with Crippen LogP contribution < -0.4 is 0 Å². The first-order valence-electron chi connectivity index (χ1n) is 6.99. The maximum Gasteiger partial charge on any atom is 0.576 e. The Hall–Kier alpha value is -1.29. The van der Waals surface area contributed by atoms with E-state index in [9.17, 15) is 0 Å². The first-order valence-corrected chi connectivity index (χ1v) is 8.45. The summed E-state index contributed by atoms with van der Waals surface area (Å²) in [5.74, 6) is 0. The van der Waals surface area contributed by atoms with E-state index >= 15 is 0 Å². The van der Waals surface area contributed by atoms with Gasteiger partial charge in [-0.2, -0.15) is 0 Å². The molecule has 2 aliphatic heterocycles. The molecule has 0 bridgehead atoms. The van der Waals surface area contributed by atoms with Crippen molar-refractivity contribution in [2.45, 2.75) is 12.2 Å². The SMILES string of the molecule is c1ccc(C2CO[P+]3(OCC(c4ccccc4)O3)O2)cc1. The Morgan fingerprint density at radius 1 is 0.667 bits per heavy atom. The molecule has 4 nitrogen and oxygen atoms in total. The van der Waals surface area contributed by atoms with Crippen LogP contribution in [0.15, 0.2) is 60.7 Å². The van der Waals surface area contributed by atoms with Crippen molar-refractivity contribution in [1.82, 2.24) is 0 Å². The molecule has 108 valence electrons. The zero-order chi connectivity index (χ0) is 14.1. The average molecular weight is 303 g/mol. The third kappa shape index (κ3) is 2.61. The van der Waals surface area contributed by atoms with E-state index < -0.39 is 8.17 Å². The Morgan fingerprint density at radius 3 is 1.52 bits per heavy atom. The zero-order valence-corrected chi connectivity index (χ0v) is 12.3. The molecular weight excluding hydrogens is 287 g/mol. The van der Waals surface area contributed by atoms with Crippen molar-refractivity contribution in [3.8, 4) is 0 Å². The summed E-state index contributed by atoms with van der Waals surface area (Å²) in [7, 11) is -2.64. The van der Waals surface area contributed by atoms with E-state index in [1.165, 1.54) is 0 Å². The molecule has 0 amide bonds. The van der Waals surface area contributed by atoms with Crippen LogP contribution in [0.4, 0.5) is 0 Å². The summed E-state index contributed by atoms with van der Waals surface area (Å²) < 4.78 is 23.5. The van der Waals surface area contributed by atoms with Gasteiger partial charge in [-0.3, -0.25) is 0 Å². The van der Waals surface area contributed by atoms with E-state index in [-0.39, 0.29) is 12.2 Å². The molecule has 2 aromatic carbocycles. The molecule has 2 aromatic rings. The third-order valence-corrected chi connectivity index (χ3v) is 5.58. The van der Waals surface area contributed by atoms with Gasteiger partial charge in [0.2, 0.25) is 0 Å². The highest BCUT2D eigenvalue weighted by molar-refractivity contribution is 7.56. The fourth-order valence-corrected chi connectivity index (χ4v) is 4.52. The zero-order valence-electron chi connectivity index (χ0n) is 11.4. The first kappa shape index (κ1) is 13.4. The van der Waals surface area contributed by atoms with Crippen molar-refractivity contribution in [1.29, 1.82) is 0 Å².